The van der Waals surface area contributed by atoms with Crippen molar-refractivity contribution in [2.75, 3.05) is 11.9 Å². The van der Waals surface area contributed by atoms with Crippen LogP contribution in [-0.4, -0.2) is 37.1 Å². The van der Waals surface area contributed by atoms with Crippen LogP contribution in [0.4, 0.5) is 5.82 Å². The van der Waals surface area contributed by atoms with Gasteiger partial charge in [-0.05, 0) is 44.4 Å². The van der Waals surface area contributed by atoms with Crippen molar-refractivity contribution in [1.29, 1.82) is 0 Å². The van der Waals surface area contributed by atoms with Gasteiger partial charge in [0.2, 0.25) is 0 Å². The first-order valence-electron chi connectivity index (χ1n) is 10.4. The minimum absolute atomic E-state index is 0.0218. The summed E-state index contributed by atoms with van der Waals surface area (Å²) >= 11 is 6.67. The van der Waals surface area contributed by atoms with Crippen molar-refractivity contribution in [3.05, 3.63) is 44.7 Å². The predicted molar refractivity (Wildman–Crippen MR) is 129 cm³/mol. The molecule has 2 aromatic rings. The fourth-order valence-electron chi connectivity index (χ4n) is 3.28. The second-order valence-electron chi connectivity index (χ2n) is 7.56. The molecule has 6 nitrogen and oxygen atoms in total. The largest absolute Gasteiger partial charge is 0.369 e. The number of nitrogens with zero attached hydrogens (tertiary/aromatic N) is 3. The van der Waals surface area contributed by atoms with Crippen LogP contribution >= 0.6 is 24.0 Å². The number of rotatable bonds is 8. The van der Waals surface area contributed by atoms with Gasteiger partial charge in [-0.3, -0.25) is 18.9 Å². The van der Waals surface area contributed by atoms with Crippen molar-refractivity contribution in [2.45, 2.75) is 59.4 Å². The maximum atomic E-state index is 13.3. The Morgan fingerprint density at radius 3 is 2.73 bits per heavy atom. The van der Waals surface area contributed by atoms with Crippen molar-refractivity contribution in [3.63, 3.8) is 0 Å². The van der Waals surface area contributed by atoms with Gasteiger partial charge in [0.15, 0.2) is 0 Å². The number of nitrogens with one attached hydrogen (secondary N) is 1. The summed E-state index contributed by atoms with van der Waals surface area (Å²) in [5, 5.41) is 3.30. The lowest BCUT2D eigenvalue weighted by Crippen LogP contribution is -2.36. The normalized spacial score (nSPS) is 16.7. The second-order valence-corrected chi connectivity index (χ2v) is 9.23. The average Bonchev–Trinajstić information content (AvgIpc) is 3.01. The Balaban J connectivity index is 2.07. The van der Waals surface area contributed by atoms with E-state index in [1.54, 1.807) is 17.2 Å². The van der Waals surface area contributed by atoms with Crippen molar-refractivity contribution in [2.24, 2.45) is 0 Å². The van der Waals surface area contributed by atoms with Crippen molar-refractivity contribution in [3.8, 4) is 0 Å². The Hall–Kier alpha value is -2.19. The topological polar surface area (TPSA) is 66.7 Å². The van der Waals surface area contributed by atoms with Gasteiger partial charge >= 0.3 is 0 Å². The molecule has 1 unspecified atom stereocenters. The number of anilines is 1. The van der Waals surface area contributed by atoms with Gasteiger partial charge in [0.25, 0.3) is 11.5 Å². The summed E-state index contributed by atoms with van der Waals surface area (Å²) < 4.78 is 2.07. The first-order chi connectivity index (χ1) is 14.4. The summed E-state index contributed by atoms with van der Waals surface area (Å²) in [5.41, 5.74) is 1.73. The Bertz CT molecular complexity index is 1060. The number of pyridine rings is 1. The van der Waals surface area contributed by atoms with Crippen LogP contribution in [0.5, 0.6) is 0 Å². The highest BCUT2D eigenvalue weighted by atomic mass is 32.2. The number of aromatic nitrogens is 2. The number of carbonyl (C=O) groups is 1. The monoisotopic (exact) mass is 444 g/mol. The molecule has 0 radical (unpaired) electrons. The molecular formula is C22H28N4O2S2. The van der Waals surface area contributed by atoms with E-state index in [2.05, 4.69) is 17.2 Å². The summed E-state index contributed by atoms with van der Waals surface area (Å²) in [5.74, 6) is 0.360. The SMILES string of the molecule is CCCCCNc1nc2ccc(C)cn2c(=O)c1C=C1SC(=S)N(C(C)CC)C1=O. The molecule has 2 aromatic heterocycles. The fourth-order valence-corrected chi connectivity index (χ4v) is 4.72. The maximum Gasteiger partial charge on any atom is 0.267 e. The average molecular weight is 445 g/mol. The van der Waals surface area contributed by atoms with Crippen LogP contribution in [0.25, 0.3) is 11.7 Å². The molecule has 1 N–H and O–H groups in total. The van der Waals surface area contributed by atoms with Gasteiger partial charge in [-0.2, -0.15) is 0 Å². The number of hydrogen-bond donors (Lipinski definition) is 1. The predicted octanol–water partition coefficient (Wildman–Crippen LogP) is 4.60. The standard InChI is InChI=1S/C22H28N4O2S2/c1-5-7-8-11-23-19-16(20(27)25-13-14(3)9-10-18(25)24-19)12-17-21(28)26(15(4)6-2)22(29)30-17/h9-10,12-13,15,23H,5-8,11H2,1-4H3. The number of aryl methyl sites for hydroxylation is 1. The smallest absolute Gasteiger partial charge is 0.267 e. The minimum atomic E-state index is -0.199. The summed E-state index contributed by atoms with van der Waals surface area (Å²) in [7, 11) is 0. The quantitative estimate of drug-likeness (QED) is 0.364. The van der Waals surface area contributed by atoms with Crippen molar-refractivity contribution >= 4 is 51.7 Å². The molecule has 3 heterocycles. The molecule has 8 heteroatoms. The van der Waals surface area contributed by atoms with Crippen LogP contribution in [0.2, 0.25) is 0 Å². The third kappa shape index (κ3) is 4.59. The third-order valence-corrected chi connectivity index (χ3v) is 6.54. The highest BCUT2D eigenvalue weighted by Gasteiger charge is 2.35. The lowest BCUT2D eigenvalue weighted by molar-refractivity contribution is -0.123. The molecule has 160 valence electrons. The van der Waals surface area contributed by atoms with Crippen molar-refractivity contribution < 1.29 is 4.79 Å². The van der Waals surface area contributed by atoms with Gasteiger partial charge < -0.3 is 5.32 Å². The molecular weight excluding hydrogens is 416 g/mol. The molecule has 1 saturated heterocycles. The van der Waals surface area contributed by atoms with E-state index in [9.17, 15) is 9.59 Å². The van der Waals surface area contributed by atoms with Crippen LogP contribution in [0.1, 0.15) is 57.6 Å². The zero-order valence-electron chi connectivity index (χ0n) is 17.9. The van der Waals surface area contributed by atoms with E-state index in [0.717, 1.165) is 37.8 Å². The molecule has 1 amide bonds. The summed E-state index contributed by atoms with van der Waals surface area (Å²) in [6, 6.07) is 3.79. The van der Waals surface area contributed by atoms with E-state index in [1.807, 2.05) is 32.9 Å². The first-order valence-corrected chi connectivity index (χ1v) is 11.6. The highest BCUT2D eigenvalue weighted by molar-refractivity contribution is 8.26. The number of amides is 1. The molecule has 1 aliphatic rings. The van der Waals surface area contributed by atoms with Crippen LogP contribution in [0.15, 0.2) is 28.0 Å². The van der Waals surface area contributed by atoms with Gasteiger partial charge in [0.05, 0.1) is 10.5 Å². The molecule has 1 atom stereocenters. The van der Waals surface area contributed by atoms with E-state index in [1.165, 1.54) is 16.2 Å². The third-order valence-electron chi connectivity index (χ3n) is 5.21. The number of fused-ring (bicyclic) bond motifs is 1. The first kappa shape index (κ1) is 22.5. The fraction of sp³-hybridized carbons (Fsp3) is 0.455. The summed E-state index contributed by atoms with van der Waals surface area (Å²) in [6.07, 6.45) is 7.42. The van der Waals surface area contributed by atoms with Crippen LogP contribution in [0.3, 0.4) is 0 Å². The van der Waals surface area contributed by atoms with Gasteiger partial charge in [-0.15, -0.1) is 0 Å². The van der Waals surface area contributed by atoms with Gasteiger partial charge in [-0.1, -0.05) is 56.7 Å². The Morgan fingerprint density at radius 1 is 1.27 bits per heavy atom. The minimum Gasteiger partial charge on any atom is -0.369 e. The molecule has 0 bridgehead atoms. The lowest BCUT2D eigenvalue weighted by Gasteiger charge is -2.21. The second kappa shape index (κ2) is 9.75. The molecule has 0 saturated carbocycles. The van der Waals surface area contributed by atoms with Gasteiger partial charge in [0.1, 0.15) is 15.8 Å². The molecule has 30 heavy (non-hydrogen) atoms. The Labute approximate surface area is 186 Å². The molecule has 0 aromatic carbocycles. The van der Waals surface area contributed by atoms with E-state index < -0.39 is 0 Å². The van der Waals surface area contributed by atoms with Gasteiger partial charge in [0, 0.05) is 18.8 Å². The lowest BCUT2D eigenvalue weighted by atomic mass is 10.2. The number of carbonyl (C=O) groups excluding carboxylic acids is 1. The Morgan fingerprint density at radius 2 is 2.03 bits per heavy atom. The zero-order valence-corrected chi connectivity index (χ0v) is 19.5. The van der Waals surface area contributed by atoms with Crippen LogP contribution in [0, 0.1) is 6.92 Å². The highest BCUT2D eigenvalue weighted by Crippen LogP contribution is 2.34. The molecule has 1 aliphatic heterocycles. The number of hydrogen-bond acceptors (Lipinski definition) is 6. The molecule has 0 spiro atoms. The van der Waals surface area contributed by atoms with E-state index in [4.69, 9.17) is 12.2 Å². The van der Waals surface area contributed by atoms with Gasteiger partial charge in [-0.25, -0.2) is 4.98 Å². The van der Waals surface area contributed by atoms with E-state index in [0.29, 0.717) is 26.3 Å². The van der Waals surface area contributed by atoms with Crippen LogP contribution in [-0.2, 0) is 4.79 Å². The maximum absolute atomic E-state index is 13.3. The van der Waals surface area contributed by atoms with E-state index in [-0.39, 0.29) is 17.5 Å². The summed E-state index contributed by atoms with van der Waals surface area (Å²) in [4.78, 5) is 33.0. The number of thioether (sulfide) groups is 1. The number of unbranched alkanes of at least 4 members (excludes halogenated alkanes) is 2. The summed E-state index contributed by atoms with van der Waals surface area (Å²) in [6.45, 7) is 8.79. The van der Waals surface area contributed by atoms with Crippen LogP contribution < -0.4 is 10.9 Å². The molecule has 0 aliphatic carbocycles. The van der Waals surface area contributed by atoms with Crippen molar-refractivity contribution in [1.82, 2.24) is 14.3 Å². The molecule has 3 rings (SSSR count). The van der Waals surface area contributed by atoms with E-state index >= 15 is 0 Å². The Kier molecular flexibility index (Phi) is 7.31. The zero-order chi connectivity index (χ0) is 21.8. The number of thiocarbonyl (C=S) groups is 1. The molecule has 1 fully saturated rings.